The third-order valence-electron chi connectivity index (χ3n) is 2.11. The summed E-state index contributed by atoms with van der Waals surface area (Å²) in [5, 5.41) is 11.0. The summed E-state index contributed by atoms with van der Waals surface area (Å²) in [5.41, 5.74) is 2.24. The Morgan fingerprint density at radius 3 is 2.65 bits per heavy atom. The Morgan fingerprint density at radius 2 is 2.12 bits per heavy atom. The van der Waals surface area contributed by atoms with Crippen LogP contribution in [0.15, 0.2) is 24.3 Å². The molecule has 0 radical (unpaired) electrons. The van der Waals surface area contributed by atoms with Crippen LogP contribution in [0.3, 0.4) is 0 Å². The Hall–Kier alpha value is -2.30. The highest BCUT2D eigenvalue weighted by Gasteiger charge is 2.02. The number of rotatable bonds is 3. The van der Waals surface area contributed by atoms with Gasteiger partial charge >= 0.3 is 12.1 Å². The van der Waals surface area contributed by atoms with E-state index >= 15 is 0 Å². The lowest BCUT2D eigenvalue weighted by atomic mass is 10.1. The Balaban J connectivity index is 2.86. The molecule has 1 amide bonds. The second kappa shape index (κ2) is 5.69. The van der Waals surface area contributed by atoms with Crippen LogP contribution >= 0.6 is 0 Å². The topological polar surface area (TPSA) is 75.6 Å². The number of carboxylic acids is 1. The van der Waals surface area contributed by atoms with E-state index in [9.17, 15) is 9.59 Å². The number of aryl methyl sites for hydroxylation is 1. The van der Waals surface area contributed by atoms with Gasteiger partial charge in [-0.2, -0.15) is 0 Å². The van der Waals surface area contributed by atoms with Crippen LogP contribution in [0, 0.1) is 6.92 Å². The molecule has 0 aliphatic carbocycles. The van der Waals surface area contributed by atoms with E-state index in [1.807, 2.05) is 6.92 Å². The number of aliphatic carboxylic acids is 1. The Morgan fingerprint density at radius 1 is 1.41 bits per heavy atom. The number of carbonyl (C=O) groups is 2. The lowest BCUT2D eigenvalue weighted by Gasteiger charge is -2.06. The number of ether oxygens (including phenoxy) is 1. The Labute approximate surface area is 98.7 Å². The van der Waals surface area contributed by atoms with E-state index in [2.05, 4.69) is 10.1 Å². The average molecular weight is 235 g/mol. The molecule has 0 fully saturated rings. The van der Waals surface area contributed by atoms with E-state index in [0.717, 1.165) is 17.2 Å². The van der Waals surface area contributed by atoms with Crippen LogP contribution in [0.5, 0.6) is 0 Å². The summed E-state index contributed by atoms with van der Waals surface area (Å²) in [7, 11) is 1.28. The molecule has 5 heteroatoms. The smallest absolute Gasteiger partial charge is 0.411 e. The molecule has 0 atom stereocenters. The molecule has 0 spiro atoms. The second-order valence-electron chi connectivity index (χ2n) is 3.36. The Kier molecular flexibility index (Phi) is 4.28. The van der Waals surface area contributed by atoms with Crippen molar-refractivity contribution in [1.82, 2.24) is 0 Å². The summed E-state index contributed by atoms with van der Waals surface area (Å²) in [4.78, 5) is 21.3. The van der Waals surface area contributed by atoms with Crippen molar-refractivity contribution < 1.29 is 19.4 Å². The van der Waals surface area contributed by atoms with Crippen LogP contribution in [0.4, 0.5) is 10.5 Å². The van der Waals surface area contributed by atoms with Gasteiger partial charge in [0.15, 0.2) is 0 Å². The predicted octanol–water partition coefficient (Wildman–Crippen LogP) is 2.27. The SMILES string of the molecule is COC(=O)Nc1ccc(/C=C/C(=O)O)c(C)c1. The molecule has 17 heavy (non-hydrogen) atoms. The molecule has 0 aliphatic heterocycles. The van der Waals surface area contributed by atoms with E-state index in [1.54, 1.807) is 18.2 Å². The number of carboxylic acid groups (broad SMARTS) is 1. The molecule has 0 heterocycles. The molecule has 0 aromatic heterocycles. The highest BCUT2D eigenvalue weighted by Crippen LogP contribution is 2.16. The highest BCUT2D eigenvalue weighted by molar-refractivity contribution is 5.87. The van der Waals surface area contributed by atoms with Crippen LogP contribution in [0.25, 0.3) is 6.08 Å². The van der Waals surface area contributed by atoms with E-state index in [1.165, 1.54) is 13.2 Å². The first-order valence-electron chi connectivity index (χ1n) is 4.89. The minimum atomic E-state index is -0.999. The number of methoxy groups -OCH3 is 1. The minimum absolute atomic E-state index is 0.543. The van der Waals surface area contributed by atoms with Gasteiger partial charge in [-0.05, 0) is 36.3 Å². The van der Waals surface area contributed by atoms with Crippen LogP contribution in [0.1, 0.15) is 11.1 Å². The van der Waals surface area contributed by atoms with Gasteiger partial charge in [0, 0.05) is 11.8 Å². The lowest BCUT2D eigenvalue weighted by Crippen LogP contribution is -2.10. The molecular weight excluding hydrogens is 222 g/mol. The molecule has 1 aromatic rings. The van der Waals surface area contributed by atoms with Crippen molar-refractivity contribution in [2.75, 3.05) is 12.4 Å². The summed E-state index contributed by atoms with van der Waals surface area (Å²) in [6, 6.07) is 5.13. The summed E-state index contributed by atoms with van der Waals surface area (Å²) >= 11 is 0. The van der Waals surface area contributed by atoms with Crippen LogP contribution < -0.4 is 5.32 Å². The molecule has 1 rings (SSSR count). The first-order chi connectivity index (χ1) is 8.02. The summed E-state index contributed by atoms with van der Waals surface area (Å²) in [6.07, 6.45) is 2.02. The monoisotopic (exact) mass is 235 g/mol. The molecule has 0 saturated heterocycles. The maximum atomic E-state index is 11.0. The van der Waals surface area contributed by atoms with E-state index < -0.39 is 12.1 Å². The van der Waals surface area contributed by atoms with Gasteiger partial charge in [0.05, 0.1) is 7.11 Å². The number of hydrogen-bond donors (Lipinski definition) is 2. The lowest BCUT2D eigenvalue weighted by molar-refractivity contribution is -0.131. The van der Waals surface area contributed by atoms with Gasteiger partial charge in [-0.25, -0.2) is 9.59 Å². The zero-order chi connectivity index (χ0) is 12.8. The Bertz CT molecular complexity index is 466. The van der Waals surface area contributed by atoms with Gasteiger partial charge in [0.25, 0.3) is 0 Å². The largest absolute Gasteiger partial charge is 0.478 e. The fourth-order valence-electron chi connectivity index (χ4n) is 1.27. The zero-order valence-corrected chi connectivity index (χ0v) is 9.56. The summed E-state index contributed by atoms with van der Waals surface area (Å²) in [6.45, 7) is 1.82. The van der Waals surface area contributed by atoms with Crippen molar-refractivity contribution in [3.63, 3.8) is 0 Å². The van der Waals surface area contributed by atoms with Gasteiger partial charge in [0.1, 0.15) is 0 Å². The molecular formula is C12H13NO4. The van der Waals surface area contributed by atoms with E-state index in [-0.39, 0.29) is 0 Å². The first-order valence-corrected chi connectivity index (χ1v) is 4.89. The van der Waals surface area contributed by atoms with Gasteiger partial charge in [-0.3, -0.25) is 5.32 Å². The van der Waals surface area contributed by atoms with Crippen LogP contribution in [-0.2, 0) is 9.53 Å². The van der Waals surface area contributed by atoms with Gasteiger partial charge in [0.2, 0.25) is 0 Å². The first kappa shape index (κ1) is 12.8. The maximum absolute atomic E-state index is 11.0. The van der Waals surface area contributed by atoms with Crippen molar-refractivity contribution in [3.8, 4) is 0 Å². The normalized spacial score (nSPS) is 10.2. The molecule has 2 N–H and O–H groups in total. The van der Waals surface area contributed by atoms with Crippen LogP contribution in [0.2, 0.25) is 0 Å². The molecule has 0 unspecified atom stereocenters. The number of nitrogens with one attached hydrogen (secondary N) is 1. The molecule has 90 valence electrons. The molecule has 0 aliphatic rings. The van der Waals surface area contributed by atoms with Crippen molar-refractivity contribution in [2.45, 2.75) is 6.92 Å². The second-order valence-corrected chi connectivity index (χ2v) is 3.36. The van der Waals surface area contributed by atoms with Crippen molar-refractivity contribution in [3.05, 3.63) is 35.4 Å². The van der Waals surface area contributed by atoms with Gasteiger partial charge in [-0.1, -0.05) is 6.07 Å². The number of hydrogen-bond acceptors (Lipinski definition) is 3. The number of carbonyl (C=O) groups excluding carboxylic acids is 1. The minimum Gasteiger partial charge on any atom is -0.478 e. The van der Waals surface area contributed by atoms with E-state index in [4.69, 9.17) is 5.11 Å². The summed E-state index contributed by atoms with van der Waals surface area (Å²) in [5.74, 6) is -0.999. The molecule has 1 aromatic carbocycles. The predicted molar refractivity (Wildman–Crippen MR) is 63.9 cm³/mol. The maximum Gasteiger partial charge on any atom is 0.411 e. The highest BCUT2D eigenvalue weighted by atomic mass is 16.5. The zero-order valence-electron chi connectivity index (χ0n) is 9.56. The number of amides is 1. The molecule has 0 saturated carbocycles. The van der Waals surface area contributed by atoms with Crippen molar-refractivity contribution in [1.29, 1.82) is 0 Å². The number of anilines is 1. The third-order valence-corrected chi connectivity index (χ3v) is 2.11. The van der Waals surface area contributed by atoms with Crippen molar-refractivity contribution >= 4 is 23.8 Å². The van der Waals surface area contributed by atoms with Gasteiger partial charge < -0.3 is 9.84 Å². The fourth-order valence-corrected chi connectivity index (χ4v) is 1.27. The van der Waals surface area contributed by atoms with Gasteiger partial charge in [-0.15, -0.1) is 0 Å². The molecule has 5 nitrogen and oxygen atoms in total. The summed E-state index contributed by atoms with van der Waals surface area (Å²) < 4.78 is 4.46. The van der Waals surface area contributed by atoms with E-state index in [0.29, 0.717) is 5.69 Å². The van der Waals surface area contributed by atoms with Crippen molar-refractivity contribution in [2.24, 2.45) is 0 Å². The fraction of sp³-hybridized carbons (Fsp3) is 0.167. The quantitative estimate of drug-likeness (QED) is 0.788. The average Bonchev–Trinajstić information content (AvgIpc) is 2.27. The number of benzene rings is 1. The molecule has 0 bridgehead atoms. The van der Waals surface area contributed by atoms with Crippen LogP contribution in [-0.4, -0.2) is 24.3 Å². The third kappa shape index (κ3) is 3.98. The standard InChI is InChI=1S/C12H13NO4/c1-8-7-10(13-12(16)17-2)5-3-9(8)4-6-11(14)15/h3-7H,1-2H3,(H,13,16)(H,14,15)/b6-4+.